The number of halogens is 1. The molecule has 0 bridgehead atoms. The molecule has 0 aliphatic rings. The topological polar surface area (TPSA) is 30.2 Å². The number of hydrogen-bond acceptors (Lipinski definition) is 3. The predicted octanol–water partition coefficient (Wildman–Crippen LogP) is 2.52. The third-order valence-electron chi connectivity index (χ3n) is 1.31. The second kappa shape index (κ2) is 4.72. The second-order valence-corrected chi connectivity index (χ2v) is 4.00. The van der Waals surface area contributed by atoms with Crippen LogP contribution in [0.15, 0.2) is 21.2 Å². The molecular weight excluding hydrogens is 240 g/mol. The minimum atomic E-state index is 0.198. The van der Waals surface area contributed by atoms with Crippen molar-refractivity contribution in [2.45, 2.75) is 6.42 Å². The summed E-state index contributed by atoms with van der Waals surface area (Å²) in [5.41, 5.74) is 0. The van der Waals surface area contributed by atoms with Gasteiger partial charge in [0.05, 0.1) is 12.2 Å². The Labute approximate surface area is 83.8 Å². The summed E-state index contributed by atoms with van der Waals surface area (Å²) in [5, 5.41) is 0. The standard InChI is InChI=1S/C8H9BrO2S/c1-12-5-6(10)4-7-2-3-8(9)11-7/h2-3H,4-5H2,1H3. The van der Waals surface area contributed by atoms with E-state index in [-0.39, 0.29) is 5.78 Å². The highest BCUT2D eigenvalue weighted by molar-refractivity contribution is 9.10. The number of hydrogen-bond donors (Lipinski definition) is 0. The van der Waals surface area contributed by atoms with E-state index in [1.807, 2.05) is 12.3 Å². The summed E-state index contributed by atoms with van der Waals surface area (Å²) in [7, 11) is 0. The van der Waals surface area contributed by atoms with Crippen molar-refractivity contribution in [1.82, 2.24) is 0 Å². The van der Waals surface area contributed by atoms with Crippen molar-refractivity contribution in [2.75, 3.05) is 12.0 Å². The van der Waals surface area contributed by atoms with E-state index in [1.54, 1.807) is 6.07 Å². The Hall–Kier alpha value is -0.220. The number of carbonyl (C=O) groups excluding carboxylic acids is 1. The SMILES string of the molecule is CSCC(=O)Cc1ccc(Br)o1. The van der Waals surface area contributed by atoms with Gasteiger partial charge in [0, 0.05) is 0 Å². The fourth-order valence-corrected chi connectivity index (χ4v) is 1.62. The van der Waals surface area contributed by atoms with E-state index in [0.29, 0.717) is 16.8 Å². The van der Waals surface area contributed by atoms with Crippen LogP contribution in [0.1, 0.15) is 5.76 Å². The smallest absolute Gasteiger partial charge is 0.169 e. The van der Waals surface area contributed by atoms with Crippen molar-refractivity contribution < 1.29 is 9.21 Å². The summed E-state index contributed by atoms with van der Waals surface area (Å²) in [6.07, 6.45) is 2.31. The van der Waals surface area contributed by atoms with Gasteiger partial charge in [0.25, 0.3) is 0 Å². The zero-order valence-electron chi connectivity index (χ0n) is 6.67. The summed E-state index contributed by atoms with van der Waals surface area (Å²) in [4.78, 5) is 11.1. The first-order chi connectivity index (χ1) is 5.72. The molecule has 1 rings (SSSR count). The maximum absolute atomic E-state index is 11.1. The fourth-order valence-electron chi connectivity index (χ4n) is 0.853. The van der Waals surface area contributed by atoms with Gasteiger partial charge in [-0.05, 0) is 34.3 Å². The molecule has 0 radical (unpaired) electrons. The summed E-state index contributed by atoms with van der Waals surface area (Å²) in [6.45, 7) is 0. The molecule has 0 saturated carbocycles. The first-order valence-corrected chi connectivity index (χ1v) is 5.66. The Kier molecular flexibility index (Phi) is 3.88. The molecule has 0 fully saturated rings. The van der Waals surface area contributed by atoms with Crippen molar-refractivity contribution >= 4 is 33.5 Å². The van der Waals surface area contributed by atoms with E-state index in [1.165, 1.54) is 11.8 Å². The van der Waals surface area contributed by atoms with Gasteiger partial charge in [-0.15, -0.1) is 0 Å². The van der Waals surface area contributed by atoms with E-state index in [9.17, 15) is 4.79 Å². The molecule has 0 N–H and O–H groups in total. The van der Waals surface area contributed by atoms with Crippen LogP contribution in [0.25, 0.3) is 0 Å². The molecule has 1 aromatic heterocycles. The molecule has 0 atom stereocenters. The first-order valence-electron chi connectivity index (χ1n) is 3.47. The lowest BCUT2D eigenvalue weighted by atomic mass is 10.2. The molecule has 0 aliphatic carbocycles. The third-order valence-corrected chi connectivity index (χ3v) is 2.34. The number of carbonyl (C=O) groups is 1. The first kappa shape index (κ1) is 9.86. The molecule has 0 aliphatic heterocycles. The number of ketones is 1. The van der Waals surface area contributed by atoms with Crippen LogP contribution in [0.2, 0.25) is 0 Å². The van der Waals surface area contributed by atoms with Gasteiger partial charge in [0.1, 0.15) is 11.5 Å². The monoisotopic (exact) mass is 248 g/mol. The number of thioether (sulfide) groups is 1. The van der Waals surface area contributed by atoms with Crippen molar-refractivity contribution in [3.05, 3.63) is 22.6 Å². The van der Waals surface area contributed by atoms with Gasteiger partial charge in [-0.2, -0.15) is 11.8 Å². The number of rotatable bonds is 4. The normalized spacial score (nSPS) is 10.2. The Morgan fingerprint density at radius 2 is 2.42 bits per heavy atom. The van der Waals surface area contributed by atoms with Crippen molar-refractivity contribution in [3.8, 4) is 0 Å². The quantitative estimate of drug-likeness (QED) is 0.821. The van der Waals surface area contributed by atoms with Crippen molar-refractivity contribution in [1.29, 1.82) is 0 Å². The fraction of sp³-hybridized carbons (Fsp3) is 0.375. The average Bonchev–Trinajstić information content (AvgIpc) is 2.36. The van der Waals surface area contributed by atoms with Gasteiger partial charge in [0.2, 0.25) is 0 Å². The molecule has 12 heavy (non-hydrogen) atoms. The van der Waals surface area contributed by atoms with E-state index in [4.69, 9.17) is 4.42 Å². The maximum Gasteiger partial charge on any atom is 0.169 e. The van der Waals surface area contributed by atoms with Crippen molar-refractivity contribution in [3.63, 3.8) is 0 Å². The molecule has 0 aromatic carbocycles. The largest absolute Gasteiger partial charge is 0.454 e. The van der Waals surface area contributed by atoms with Gasteiger partial charge in [-0.25, -0.2) is 0 Å². The van der Waals surface area contributed by atoms with E-state index in [2.05, 4.69) is 15.9 Å². The van der Waals surface area contributed by atoms with E-state index >= 15 is 0 Å². The van der Waals surface area contributed by atoms with Crippen LogP contribution >= 0.6 is 27.7 Å². The molecule has 0 unspecified atom stereocenters. The van der Waals surface area contributed by atoms with Gasteiger partial charge >= 0.3 is 0 Å². The summed E-state index contributed by atoms with van der Waals surface area (Å²) in [6, 6.07) is 3.60. The maximum atomic E-state index is 11.1. The lowest BCUT2D eigenvalue weighted by molar-refractivity contribution is -0.116. The molecule has 0 saturated heterocycles. The highest BCUT2D eigenvalue weighted by Crippen LogP contribution is 2.14. The third kappa shape index (κ3) is 3.03. The van der Waals surface area contributed by atoms with Crippen molar-refractivity contribution in [2.24, 2.45) is 0 Å². The van der Waals surface area contributed by atoms with Crippen LogP contribution in [0.4, 0.5) is 0 Å². The summed E-state index contributed by atoms with van der Waals surface area (Å²) >= 11 is 4.71. The minimum Gasteiger partial charge on any atom is -0.454 e. The van der Waals surface area contributed by atoms with Gasteiger partial charge in [-0.3, -0.25) is 4.79 Å². The molecule has 4 heteroatoms. The molecule has 2 nitrogen and oxygen atoms in total. The zero-order chi connectivity index (χ0) is 8.97. The number of furan rings is 1. The Morgan fingerprint density at radius 1 is 1.67 bits per heavy atom. The van der Waals surface area contributed by atoms with Crippen LogP contribution < -0.4 is 0 Å². The number of Topliss-reactive ketones (excluding diaryl/α,β-unsaturated/α-hetero) is 1. The van der Waals surface area contributed by atoms with E-state index < -0.39 is 0 Å². The van der Waals surface area contributed by atoms with Crippen LogP contribution in [-0.2, 0) is 11.2 Å². The molecule has 1 heterocycles. The summed E-state index contributed by atoms with van der Waals surface area (Å²) < 4.78 is 5.86. The summed E-state index contributed by atoms with van der Waals surface area (Å²) in [5.74, 6) is 1.48. The van der Waals surface area contributed by atoms with Crippen LogP contribution in [0.5, 0.6) is 0 Å². The Balaban J connectivity index is 2.46. The van der Waals surface area contributed by atoms with Gasteiger partial charge in [0.15, 0.2) is 4.67 Å². The highest BCUT2D eigenvalue weighted by Gasteiger charge is 2.05. The van der Waals surface area contributed by atoms with Crippen LogP contribution in [-0.4, -0.2) is 17.8 Å². The zero-order valence-corrected chi connectivity index (χ0v) is 9.07. The molecular formula is C8H9BrO2S. The Bertz CT molecular complexity index is 270. The van der Waals surface area contributed by atoms with Gasteiger partial charge in [-0.1, -0.05) is 0 Å². The van der Waals surface area contributed by atoms with E-state index in [0.717, 1.165) is 5.76 Å². The average molecular weight is 249 g/mol. The van der Waals surface area contributed by atoms with Crippen LogP contribution in [0, 0.1) is 0 Å². The molecule has 1 aromatic rings. The Morgan fingerprint density at radius 3 is 2.92 bits per heavy atom. The lowest BCUT2D eigenvalue weighted by Gasteiger charge is -1.93. The minimum absolute atomic E-state index is 0.198. The highest BCUT2D eigenvalue weighted by atomic mass is 79.9. The molecule has 0 spiro atoms. The predicted molar refractivity (Wildman–Crippen MR) is 53.5 cm³/mol. The van der Waals surface area contributed by atoms with Gasteiger partial charge < -0.3 is 4.42 Å². The van der Waals surface area contributed by atoms with Crippen LogP contribution in [0.3, 0.4) is 0 Å². The molecule has 66 valence electrons. The lowest BCUT2D eigenvalue weighted by Crippen LogP contribution is -2.04. The second-order valence-electron chi connectivity index (χ2n) is 2.35. The molecule has 0 amide bonds.